The summed E-state index contributed by atoms with van der Waals surface area (Å²) in [4.78, 5) is 31.7. The SMILES string of the molecule is CCCN1C(=O)[C@@](O)(Cc2ccccc2)N(CCC)C1=S.CCCN1C(=O)[C@](O)(Cc2ccccc2)N(CCC)C1=S. The van der Waals surface area contributed by atoms with E-state index in [1.54, 1.807) is 9.80 Å². The monoisotopic (exact) mass is 612 g/mol. The van der Waals surface area contributed by atoms with E-state index in [0.717, 1.165) is 36.8 Å². The summed E-state index contributed by atoms with van der Waals surface area (Å²) in [6.07, 6.45) is 3.79. The first-order valence-corrected chi connectivity index (χ1v) is 15.7. The summed E-state index contributed by atoms with van der Waals surface area (Å²) in [5.74, 6) is -0.599. The molecule has 0 spiro atoms. The maximum Gasteiger partial charge on any atom is 0.282 e. The van der Waals surface area contributed by atoms with Crippen molar-refractivity contribution in [2.45, 2.75) is 77.7 Å². The molecule has 10 heteroatoms. The molecule has 2 aromatic rings. The van der Waals surface area contributed by atoms with Crippen molar-refractivity contribution in [3.8, 4) is 0 Å². The Morgan fingerprint density at radius 1 is 0.571 bits per heavy atom. The molecule has 228 valence electrons. The second-order valence-electron chi connectivity index (χ2n) is 10.7. The van der Waals surface area contributed by atoms with Crippen molar-refractivity contribution in [3.05, 3.63) is 71.8 Å². The smallest absolute Gasteiger partial charge is 0.282 e. The van der Waals surface area contributed by atoms with Crippen LogP contribution < -0.4 is 0 Å². The van der Waals surface area contributed by atoms with Gasteiger partial charge in [-0.3, -0.25) is 19.4 Å². The van der Waals surface area contributed by atoms with E-state index in [4.69, 9.17) is 24.4 Å². The zero-order valence-corrected chi connectivity index (χ0v) is 26.8. The standard InChI is InChI=1S/2C16H22N2O2S/c2*1-3-10-17-14(19)16(20,18(11-4-2)15(17)21)12-13-8-6-5-7-9-13/h2*5-9,20H,3-4,10-12H2,1-2H3/t2*16-/m10/s1. The van der Waals surface area contributed by atoms with Crippen LogP contribution in [0.25, 0.3) is 0 Å². The molecule has 2 aromatic carbocycles. The maximum atomic E-state index is 12.7. The minimum Gasteiger partial charge on any atom is -0.363 e. The lowest BCUT2D eigenvalue weighted by molar-refractivity contribution is -0.153. The van der Waals surface area contributed by atoms with Gasteiger partial charge in [-0.2, -0.15) is 0 Å². The van der Waals surface area contributed by atoms with Crippen molar-refractivity contribution in [2.75, 3.05) is 26.2 Å². The Kier molecular flexibility index (Phi) is 12.0. The van der Waals surface area contributed by atoms with Gasteiger partial charge >= 0.3 is 0 Å². The second-order valence-corrected chi connectivity index (χ2v) is 11.5. The van der Waals surface area contributed by atoms with E-state index in [1.165, 1.54) is 9.80 Å². The molecule has 2 heterocycles. The molecule has 2 aliphatic heterocycles. The number of thiocarbonyl (C=S) groups is 2. The molecule has 2 fully saturated rings. The van der Waals surface area contributed by atoms with Crippen LogP contribution in [0.5, 0.6) is 0 Å². The first kappa shape index (κ1) is 33.6. The fraction of sp³-hybridized carbons (Fsp3) is 0.500. The molecule has 2 saturated heterocycles. The molecule has 2 aliphatic rings. The summed E-state index contributed by atoms with van der Waals surface area (Å²) in [6, 6.07) is 19.1. The summed E-state index contributed by atoms with van der Waals surface area (Å²) in [6.45, 7) is 10.3. The van der Waals surface area contributed by atoms with Crippen LogP contribution in [0.15, 0.2) is 60.7 Å². The number of carbonyl (C=O) groups is 2. The molecule has 0 bridgehead atoms. The molecule has 0 radical (unpaired) electrons. The third-order valence-corrected chi connectivity index (χ3v) is 8.25. The Morgan fingerprint density at radius 2 is 0.881 bits per heavy atom. The predicted octanol–water partition coefficient (Wildman–Crippen LogP) is 4.33. The minimum atomic E-state index is -1.55. The third-order valence-electron chi connectivity index (χ3n) is 7.37. The number of carbonyl (C=O) groups excluding carboxylic acids is 2. The van der Waals surface area contributed by atoms with Gasteiger partial charge < -0.3 is 20.0 Å². The van der Waals surface area contributed by atoms with E-state index in [2.05, 4.69) is 0 Å². The third kappa shape index (κ3) is 6.99. The summed E-state index contributed by atoms with van der Waals surface area (Å²) in [5.41, 5.74) is -1.25. The Hall–Kier alpha value is -2.92. The van der Waals surface area contributed by atoms with Gasteiger partial charge in [0.25, 0.3) is 11.8 Å². The van der Waals surface area contributed by atoms with Crippen molar-refractivity contribution in [1.82, 2.24) is 19.6 Å². The number of hydrogen-bond acceptors (Lipinski definition) is 6. The van der Waals surface area contributed by atoms with Crippen LogP contribution in [0.3, 0.4) is 0 Å². The van der Waals surface area contributed by atoms with Crippen LogP contribution in [0.4, 0.5) is 0 Å². The summed E-state index contributed by atoms with van der Waals surface area (Å²) >= 11 is 10.8. The highest BCUT2D eigenvalue weighted by molar-refractivity contribution is 7.80. The van der Waals surface area contributed by atoms with Crippen LogP contribution in [-0.4, -0.2) is 89.5 Å². The van der Waals surface area contributed by atoms with Gasteiger partial charge in [0.05, 0.1) is 0 Å². The Morgan fingerprint density at radius 3 is 1.17 bits per heavy atom. The van der Waals surface area contributed by atoms with Crippen molar-refractivity contribution >= 4 is 46.5 Å². The average molecular weight is 613 g/mol. The van der Waals surface area contributed by atoms with Crippen LogP contribution in [0.1, 0.15) is 64.5 Å². The molecule has 0 saturated carbocycles. The molecule has 2 atom stereocenters. The molecular formula is C32H44N4O4S2. The number of nitrogens with zero attached hydrogens (tertiary/aromatic N) is 4. The van der Waals surface area contributed by atoms with Crippen molar-refractivity contribution in [2.24, 2.45) is 0 Å². The largest absolute Gasteiger partial charge is 0.363 e. The van der Waals surface area contributed by atoms with Gasteiger partial charge in [0.1, 0.15) is 0 Å². The van der Waals surface area contributed by atoms with Crippen molar-refractivity contribution in [1.29, 1.82) is 0 Å². The number of rotatable bonds is 12. The van der Waals surface area contributed by atoms with Crippen LogP contribution in [0.2, 0.25) is 0 Å². The fourth-order valence-corrected chi connectivity index (χ4v) is 6.23. The minimum absolute atomic E-state index is 0.257. The van der Waals surface area contributed by atoms with Gasteiger partial charge in [0.2, 0.25) is 11.4 Å². The quantitative estimate of drug-likeness (QED) is 0.343. The highest BCUT2D eigenvalue weighted by Gasteiger charge is 2.54. The van der Waals surface area contributed by atoms with Crippen molar-refractivity contribution < 1.29 is 19.8 Å². The van der Waals surface area contributed by atoms with Crippen molar-refractivity contribution in [3.63, 3.8) is 0 Å². The van der Waals surface area contributed by atoms with Gasteiger partial charge in [-0.25, -0.2) is 0 Å². The van der Waals surface area contributed by atoms with E-state index >= 15 is 0 Å². The second kappa shape index (κ2) is 15.0. The highest BCUT2D eigenvalue weighted by atomic mass is 32.1. The number of hydrogen-bond donors (Lipinski definition) is 2. The lowest BCUT2D eigenvalue weighted by Gasteiger charge is -2.31. The number of benzene rings is 2. The van der Waals surface area contributed by atoms with E-state index in [0.29, 0.717) is 36.4 Å². The molecule has 4 rings (SSSR count). The molecular weight excluding hydrogens is 569 g/mol. The maximum absolute atomic E-state index is 12.7. The molecule has 42 heavy (non-hydrogen) atoms. The van der Waals surface area contributed by atoms with Gasteiger partial charge in [-0.1, -0.05) is 88.4 Å². The molecule has 2 N–H and O–H groups in total. The lowest BCUT2D eigenvalue weighted by Crippen LogP contribution is -2.51. The van der Waals surface area contributed by atoms with Gasteiger partial charge in [0, 0.05) is 39.0 Å². The summed E-state index contributed by atoms with van der Waals surface area (Å²) in [7, 11) is 0. The Balaban J connectivity index is 0.000000230. The Bertz CT molecular complexity index is 1140. The molecule has 8 nitrogen and oxygen atoms in total. The molecule has 2 amide bonds. The molecule has 0 aromatic heterocycles. The van der Waals surface area contributed by atoms with Crippen LogP contribution in [0, 0.1) is 0 Å². The molecule has 0 aliphatic carbocycles. The zero-order valence-electron chi connectivity index (χ0n) is 25.2. The van der Waals surface area contributed by atoms with Crippen LogP contribution >= 0.6 is 24.4 Å². The average Bonchev–Trinajstić information content (AvgIpc) is 3.26. The topological polar surface area (TPSA) is 87.6 Å². The van der Waals surface area contributed by atoms with E-state index < -0.39 is 11.4 Å². The molecule has 0 unspecified atom stereocenters. The van der Waals surface area contributed by atoms with Gasteiger partial charge in [-0.15, -0.1) is 0 Å². The summed E-state index contributed by atoms with van der Waals surface area (Å²) < 4.78 is 0. The number of aliphatic hydroxyl groups is 2. The number of amides is 2. The van der Waals surface area contributed by atoms with E-state index in [9.17, 15) is 19.8 Å². The van der Waals surface area contributed by atoms with E-state index in [-0.39, 0.29) is 24.7 Å². The summed E-state index contributed by atoms with van der Waals surface area (Å²) in [5, 5.41) is 22.9. The first-order chi connectivity index (χ1) is 20.1. The zero-order chi connectivity index (χ0) is 30.9. The first-order valence-electron chi connectivity index (χ1n) is 14.9. The normalized spacial score (nSPS) is 22.2. The lowest BCUT2D eigenvalue weighted by atomic mass is 10.0. The fourth-order valence-electron chi connectivity index (χ4n) is 5.40. The Labute approximate surface area is 260 Å². The van der Waals surface area contributed by atoms with Gasteiger partial charge in [0.15, 0.2) is 10.2 Å². The van der Waals surface area contributed by atoms with Crippen LogP contribution in [-0.2, 0) is 22.4 Å². The predicted molar refractivity (Wildman–Crippen MR) is 173 cm³/mol. The van der Waals surface area contributed by atoms with E-state index in [1.807, 2.05) is 88.4 Å². The highest BCUT2D eigenvalue weighted by Crippen LogP contribution is 2.31. The van der Waals surface area contributed by atoms with Gasteiger partial charge in [-0.05, 0) is 61.2 Å².